The summed E-state index contributed by atoms with van der Waals surface area (Å²) in [5.41, 5.74) is 2.17. The number of nitrogens with zero attached hydrogens (tertiary/aromatic N) is 1. The van der Waals surface area contributed by atoms with Crippen molar-refractivity contribution in [2.75, 3.05) is 13.6 Å². The maximum absolute atomic E-state index is 14.6. The highest BCUT2D eigenvalue weighted by Crippen LogP contribution is 2.65. The Morgan fingerprint density at radius 2 is 1.69 bits per heavy atom. The summed E-state index contributed by atoms with van der Waals surface area (Å²) in [6.45, 7) is 6.69. The second kappa shape index (κ2) is 12.4. The number of hydrogen-bond acceptors (Lipinski definition) is 6. The average molecular weight is 621 g/mol. The summed E-state index contributed by atoms with van der Waals surface area (Å²) in [6.07, 6.45) is 6.67. The number of fused-ring (bicyclic) bond motifs is 2. The first-order chi connectivity index (χ1) is 21.5. The van der Waals surface area contributed by atoms with Crippen LogP contribution in [-0.4, -0.2) is 72.3 Å². The van der Waals surface area contributed by atoms with Crippen molar-refractivity contribution in [2.45, 2.75) is 103 Å². The van der Waals surface area contributed by atoms with Crippen LogP contribution >= 0.6 is 0 Å². The fraction of sp³-hybridized carbons (Fsp3) is 0.686. The van der Waals surface area contributed by atoms with E-state index in [1.54, 1.807) is 4.90 Å². The molecule has 1 aliphatic heterocycles. The molecule has 10 heteroatoms. The lowest BCUT2D eigenvalue weighted by Crippen LogP contribution is -2.59. The van der Waals surface area contributed by atoms with Gasteiger partial charge in [-0.3, -0.25) is 19.2 Å². The van der Waals surface area contributed by atoms with Crippen LogP contribution in [0.4, 0.5) is 4.79 Å². The number of alkyl carbamates (subject to hydrolysis) is 1. The fourth-order valence-corrected chi connectivity index (χ4v) is 8.40. The normalized spacial score (nSPS) is 29.2. The molecule has 7 atom stereocenters. The van der Waals surface area contributed by atoms with Crippen molar-refractivity contribution in [2.24, 2.45) is 35.0 Å². The first kappa shape index (κ1) is 31.5. The Balaban J connectivity index is 1.23. The molecule has 10 nitrogen and oxygen atoms in total. The van der Waals surface area contributed by atoms with E-state index < -0.39 is 41.8 Å². The van der Waals surface area contributed by atoms with Gasteiger partial charge in [0.25, 0.3) is 5.91 Å². The Morgan fingerprint density at radius 3 is 2.29 bits per heavy atom. The lowest BCUT2D eigenvalue weighted by Gasteiger charge is -2.35. The molecule has 45 heavy (non-hydrogen) atoms. The molecule has 0 radical (unpaired) electrons. The van der Waals surface area contributed by atoms with Crippen LogP contribution in [0, 0.1) is 35.0 Å². The number of carbonyl (C=O) groups is 5. The van der Waals surface area contributed by atoms with E-state index >= 15 is 0 Å². The summed E-state index contributed by atoms with van der Waals surface area (Å²) in [5, 5.41) is 8.25. The van der Waals surface area contributed by atoms with Gasteiger partial charge in [0.05, 0.1) is 6.04 Å². The molecule has 4 fully saturated rings. The van der Waals surface area contributed by atoms with Crippen LogP contribution in [0.25, 0.3) is 0 Å². The molecule has 3 N–H and O–H groups in total. The van der Waals surface area contributed by atoms with Crippen molar-refractivity contribution < 1.29 is 28.7 Å². The number of ether oxygens (including phenoxy) is 1. The predicted octanol–water partition coefficient (Wildman–Crippen LogP) is 3.16. The highest BCUT2D eigenvalue weighted by molar-refractivity contribution is 6.38. The quantitative estimate of drug-likeness (QED) is 0.326. The lowest BCUT2D eigenvalue weighted by atomic mass is 9.93. The van der Waals surface area contributed by atoms with Crippen molar-refractivity contribution in [3.05, 3.63) is 35.4 Å². The number of likely N-dealkylation sites (tertiary alicyclic amines) is 1. The number of piperidine rings is 1. The van der Waals surface area contributed by atoms with E-state index in [0.29, 0.717) is 31.7 Å². The highest BCUT2D eigenvalue weighted by Gasteiger charge is 2.70. The first-order valence-electron chi connectivity index (χ1n) is 16.9. The smallest absolute Gasteiger partial charge is 0.408 e. The van der Waals surface area contributed by atoms with Gasteiger partial charge in [-0.05, 0) is 91.1 Å². The molecular weight excluding hydrogens is 572 g/mol. The van der Waals surface area contributed by atoms with Gasteiger partial charge in [-0.25, -0.2) is 4.79 Å². The summed E-state index contributed by atoms with van der Waals surface area (Å²) in [7, 11) is 1.40. The Kier molecular flexibility index (Phi) is 8.69. The first-order valence-corrected chi connectivity index (χ1v) is 16.9. The standard InChI is InChI=1S/C35H48N4O6/c1-19-8-7-11-26(19)45-34(44)38-28(23-16-21-9-5-6-10-22(21)17-23)33(43)39-18-24-27(35(24,2)3)29(39)31(41)37-25(15-14-20-12-13-20)30(40)32(42)36-4/h5-6,9-10,19-20,23-29H,7-8,11-18H2,1-4H3,(H,36,42)(H,37,41)(H,38,44)/t19-,24?,25?,26-,27-,28-,29?/m0/s1. The van der Waals surface area contributed by atoms with Crippen molar-refractivity contribution in [3.63, 3.8) is 0 Å². The second-order valence-electron chi connectivity index (χ2n) is 14.8. The van der Waals surface area contributed by atoms with Gasteiger partial charge in [0, 0.05) is 13.6 Å². The molecule has 1 aromatic carbocycles. The third kappa shape index (κ3) is 6.34. The van der Waals surface area contributed by atoms with Crippen LogP contribution in [-0.2, 0) is 36.8 Å². The molecule has 0 bridgehead atoms. The third-order valence-electron chi connectivity index (χ3n) is 11.5. The van der Waals surface area contributed by atoms with Crippen LogP contribution in [0.3, 0.4) is 0 Å². The van der Waals surface area contributed by atoms with Gasteiger partial charge >= 0.3 is 6.09 Å². The molecule has 4 aliphatic carbocycles. The number of nitrogens with one attached hydrogen (secondary N) is 3. The summed E-state index contributed by atoms with van der Waals surface area (Å²) >= 11 is 0. The van der Waals surface area contributed by atoms with Crippen molar-refractivity contribution in [1.29, 1.82) is 0 Å². The summed E-state index contributed by atoms with van der Waals surface area (Å²) in [5.74, 6) is -1.44. The number of carbonyl (C=O) groups excluding carboxylic acids is 5. The number of rotatable bonds is 11. The van der Waals surface area contributed by atoms with E-state index in [-0.39, 0.29) is 41.1 Å². The molecule has 1 saturated heterocycles. The van der Waals surface area contributed by atoms with E-state index in [4.69, 9.17) is 4.74 Å². The monoisotopic (exact) mass is 620 g/mol. The van der Waals surface area contributed by atoms with E-state index in [1.165, 1.54) is 7.05 Å². The largest absolute Gasteiger partial charge is 0.446 e. The van der Waals surface area contributed by atoms with Crippen LogP contribution in [0.5, 0.6) is 0 Å². The Bertz CT molecular complexity index is 1330. The van der Waals surface area contributed by atoms with E-state index in [2.05, 4.69) is 48.9 Å². The van der Waals surface area contributed by atoms with Gasteiger partial charge in [-0.1, -0.05) is 57.9 Å². The molecule has 5 aliphatic rings. The van der Waals surface area contributed by atoms with E-state index in [1.807, 2.05) is 12.1 Å². The number of hydrogen-bond donors (Lipinski definition) is 3. The Morgan fingerprint density at radius 1 is 1.00 bits per heavy atom. The topological polar surface area (TPSA) is 134 Å². The van der Waals surface area contributed by atoms with Crippen LogP contribution in [0.2, 0.25) is 0 Å². The number of likely N-dealkylation sites (N-methyl/N-ethyl adjacent to an activating group) is 1. The maximum atomic E-state index is 14.6. The van der Waals surface area contributed by atoms with Gasteiger partial charge in [-0.2, -0.15) is 0 Å². The molecule has 0 spiro atoms. The summed E-state index contributed by atoms with van der Waals surface area (Å²) < 4.78 is 5.83. The van der Waals surface area contributed by atoms with Crippen LogP contribution in [0.1, 0.15) is 76.8 Å². The number of ketones is 1. The zero-order chi connectivity index (χ0) is 32.0. The molecule has 4 amide bonds. The van der Waals surface area contributed by atoms with Crippen molar-refractivity contribution in [1.82, 2.24) is 20.9 Å². The third-order valence-corrected chi connectivity index (χ3v) is 11.5. The lowest BCUT2D eigenvalue weighted by molar-refractivity contribution is -0.144. The SMILES string of the molecule is CNC(=O)C(=O)C(CCC1CC1)NC(=O)C1[C@@H]2C(CN1C(=O)[C@@H](NC(=O)O[C@H]1CCC[C@@H]1C)C1Cc3ccccc3C1)C2(C)C. The number of benzene rings is 1. The average Bonchev–Trinajstić information content (AvgIpc) is 3.67. The minimum Gasteiger partial charge on any atom is -0.446 e. The van der Waals surface area contributed by atoms with Crippen molar-refractivity contribution in [3.8, 4) is 0 Å². The van der Waals surface area contributed by atoms with Crippen LogP contribution in [0.15, 0.2) is 24.3 Å². The summed E-state index contributed by atoms with van der Waals surface area (Å²) in [6, 6.07) is 5.48. The van der Waals surface area contributed by atoms with Gasteiger partial charge in [0.1, 0.15) is 18.2 Å². The van der Waals surface area contributed by atoms with Gasteiger partial charge < -0.3 is 25.6 Å². The zero-order valence-corrected chi connectivity index (χ0v) is 27.0. The number of amides is 4. The Hall–Kier alpha value is -3.43. The van der Waals surface area contributed by atoms with E-state index in [9.17, 15) is 24.0 Å². The van der Waals surface area contributed by atoms with Gasteiger partial charge in [-0.15, -0.1) is 0 Å². The fourth-order valence-electron chi connectivity index (χ4n) is 8.40. The van der Waals surface area contributed by atoms with Crippen LogP contribution < -0.4 is 16.0 Å². The predicted molar refractivity (Wildman–Crippen MR) is 167 cm³/mol. The molecular formula is C35H48N4O6. The molecule has 3 unspecified atom stereocenters. The zero-order valence-electron chi connectivity index (χ0n) is 27.0. The maximum Gasteiger partial charge on any atom is 0.408 e. The minimum absolute atomic E-state index is 0.0756. The molecule has 6 rings (SSSR count). The minimum atomic E-state index is -0.947. The van der Waals surface area contributed by atoms with Crippen molar-refractivity contribution >= 4 is 29.6 Å². The molecule has 0 aromatic heterocycles. The molecule has 244 valence electrons. The second-order valence-corrected chi connectivity index (χ2v) is 14.8. The molecule has 1 heterocycles. The summed E-state index contributed by atoms with van der Waals surface area (Å²) in [4.78, 5) is 68.9. The Labute approximate surface area is 265 Å². The van der Waals surface area contributed by atoms with Gasteiger partial charge in [0.15, 0.2) is 0 Å². The molecule has 1 aromatic rings. The number of Topliss-reactive ketones (excluding diaryl/α,β-unsaturated/α-hetero) is 1. The van der Waals surface area contributed by atoms with Gasteiger partial charge in [0.2, 0.25) is 17.6 Å². The van der Waals surface area contributed by atoms with E-state index in [0.717, 1.165) is 49.7 Å². The highest BCUT2D eigenvalue weighted by atomic mass is 16.6. The molecule has 3 saturated carbocycles.